The van der Waals surface area contributed by atoms with Crippen molar-refractivity contribution < 1.29 is 0 Å². The van der Waals surface area contributed by atoms with Gasteiger partial charge in [0.05, 0.1) is 17.1 Å². The second kappa shape index (κ2) is 7.89. The number of fused-ring (bicyclic) bond motifs is 1. The molecule has 0 aliphatic carbocycles. The second-order valence-electron chi connectivity index (χ2n) is 5.88. The molecule has 1 heterocycles. The largest absolute Gasteiger partial charge is 0.282 e. The second-order valence-corrected chi connectivity index (χ2v) is 8.37. The maximum atomic E-state index is 13.1. The first-order chi connectivity index (χ1) is 13.1. The number of halogens is 2. The molecule has 0 fully saturated rings. The molecule has 0 spiro atoms. The average molecular weight is 577 g/mol. The summed E-state index contributed by atoms with van der Waals surface area (Å²) in [6, 6.07) is 23.2. The molecule has 132 valence electrons. The third kappa shape index (κ3) is 3.96. The zero-order valence-electron chi connectivity index (χ0n) is 14.0. The molecule has 1 aromatic heterocycles. The Morgan fingerprint density at radius 3 is 2.41 bits per heavy atom. The first kappa shape index (κ1) is 18.3. The SMILES string of the molecule is O=c1c2ccccc2nc(-c2cccc(I)c2)n1N=Cc1cccc(I)c1. The molecule has 27 heavy (non-hydrogen) atoms. The van der Waals surface area contributed by atoms with Crippen molar-refractivity contribution in [1.29, 1.82) is 0 Å². The van der Waals surface area contributed by atoms with E-state index in [1.165, 1.54) is 4.68 Å². The van der Waals surface area contributed by atoms with Crippen LogP contribution in [0.3, 0.4) is 0 Å². The van der Waals surface area contributed by atoms with Gasteiger partial charge in [-0.15, -0.1) is 0 Å². The van der Waals surface area contributed by atoms with Gasteiger partial charge in [0.2, 0.25) is 0 Å². The predicted molar refractivity (Wildman–Crippen MR) is 126 cm³/mol. The van der Waals surface area contributed by atoms with Crippen molar-refractivity contribution in [2.75, 3.05) is 0 Å². The quantitative estimate of drug-likeness (QED) is 0.250. The van der Waals surface area contributed by atoms with Crippen molar-refractivity contribution in [2.24, 2.45) is 5.10 Å². The molecule has 0 aliphatic heterocycles. The van der Waals surface area contributed by atoms with Gasteiger partial charge in [0.1, 0.15) is 0 Å². The molecule has 4 aromatic rings. The van der Waals surface area contributed by atoms with Crippen molar-refractivity contribution in [3.8, 4) is 11.4 Å². The van der Waals surface area contributed by atoms with E-state index in [-0.39, 0.29) is 5.56 Å². The van der Waals surface area contributed by atoms with Crippen molar-refractivity contribution in [2.45, 2.75) is 0 Å². The Labute approximate surface area is 183 Å². The van der Waals surface area contributed by atoms with Crippen LogP contribution in [0.4, 0.5) is 0 Å². The van der Waals surface area contributed by atoms with E-state index < -0.39 is 0 Å². The lowest BCUT2D eigenvalue weighted by Crippen LogP contribution is -2.20. The van der Waals surface area contributed by atoms with Crippen LogP contribution in [0.25, 0.3) is 22.3 Å². The van der Waals surface area contributed by atoms with Crippen molar-refractivity contribution >= 4 is 62.3 Å². The van der Waals surface area contributed by atoms with E-state index in [9.17, 15) is 4.79 Å². The molecule has 6 heteroatoms. The zero-order valence-corrected chi connectivity index (χ0v) is 18.3. The fraction of sp³-hybridized carbons (Fsp3) is 0. The van der Waals surface area contributed by atoms with Gasteiger partial charge < -0.3 is 0 Å². The fourth-order valence-corrected chi connectivity index (χ4v) is 3.87. The minimum absolute atomic E-state index is 0.184. The van der Waals surface area contributed by atoms with Gasteiger partial charge in [-0.3, -0.25) is 4.79 Å². The number of rotatable bonds is 3. The van der Waals surface area contributed by atoms with Gasteiger partial charge in [0, 0.05) is 12.7 Å². The van der Waals surface area contributed by atoms with E-state index in [2.05, 4.69) is 50.3 Å². The Kier molecular flexibility index (Phi) is 5.35. The average Bonchev–Trinajstić information content (AvgIpc) is 2.67. The summed E-state index contributed by atoms with van der Waals surface area (Å²) in [5.41, 5.74) is 2.26. The maximum absolute atomic E-state index is 13.1. The van der Waals surface area contributed by atoms with Crippen LogP contribution in [0, 0.1) is 7.14 Å². The number of hydrogen-bond acceptors (Lipinski definition) is 3. The molecule has 0 saturated heterocycles. The molecule has 0 aliphatic rings. The molecule has 0 unspecified atom stereocenters. The molecule has 0 bridgehead atoms. The molecule has 0 amide bonds. The Morgan fingerprint density at radius 2 is 1.63 bits per heavy atom. The molecule has 4 nitrogen and oxygen atoms in total. The van der Waals surface area contributed by atoms with Crippen molar-refractivity contribution in [3.63, 3.8) is 0 Å². The predicted octanol–water partition coefficient (Wildman–Crippen LogP) is 5.15. The minimum atomic E-state index is -0.184. The lowest BCUT2D eigenvalue weighted by molar-refractivity contribution is 0.829. The number of aromatic nitrogens is 2. The van der Waals surface area contributed by atoms with E-state index >= 15 is 0 Å². The van der Waals surface area contributed by atoms with Crippen LogP contribution in [-0.2, 0) is 0 Å². The topological polar surface area (TPSA) is 47.2 Å². The highest BCUT2D eigenvalue weighted by Gasteiger charge is 2.12. The summed E-state index contributed by atoms with van der Waals surface area (Å²) in [6.07, 6.45) is 1.69. The first-order valence-corrected chi connectivity index (χ1v) is 10.4. The summed E-state index contributed by atoms with van der Waals surface area (Å²) < 4.78 is 3.56. The van der Waals surface area contributed by atoms with E-state index in [0.717, 1.165) is 18.3 Å². The third-order valence-electron chi connectivity index (χ3n) is 4.01. The van der Waals surface area contributed by atoms with Gasteiger partial charge in [-0.05, 0) is 87.1 Å². The van der Waals surface area contributed by atoms with Gasteiger partial charge in [-0.2, -0.15) is 9.78 Å². The Hall–Kier alpha value is -2.07. The van der Waals surface area contributed by atoms with Crippen LogP contribution >= 0.6 is 45.2 Å². The minimum Gasteiger partial charge on any atom is -0.267 e. The molecule has 4 rings (SSSR count). The number of para-hydroxylation sites is 1. The highest BCUT2D eigenvalue weighted by Crippen LogP contribution is 2.21. The summed E-state index contributed by atoms with van der Waals surface area (Å²) in [4.78, 5) is 17.8. The highest BCUT2D eigenvalue weighted by molar-refractivity contribution is 14.1. The summed E-state index contributed by atoms with van der Waals surface area (Å²) in [6.45, 7) is 0. The summed E-state index contributed by atoms with van der Waals surface area (Å²) in [5, 5.41) is 5.03. The van der Waals surface area contributed by atoms with Crippen LogP contribution in [0.2, 0.25) is 0 Å². The van der Waals surface area contributed by atoms with Gasteiger partial charge >= 0.3 is 0 Å². The Bertz CT molecular complexity index is 1230. The van der Waals surface area contributed by atoms with E-state index in [1.54, 1.807) is 12.3 Å². The monoisotopic (exact) mass is 577 g/mol. The Morgan fingerprint density at radius 1 is 0.889 bits per heavy atom. The molecule has 0 N–H and O–H groups in total. The molecular formula is C21H13I2N3O. The molecule has 0 saturated carbocycles. The zero-order chi connectivity index (χ0) is 18.8. The van der Waals surface area contributed by atoms with Crippen molar-refractivity contribution in [1.82, 2.24) is 9.66 Å². The standard InChI is InChI=1S/C21H13I2N3O/c22-16-7-3-5-14(11-16)13-24-26-20(15-6-4-8-17(23)12-15)25-19-10-2-1-9-18(19)21(26)27/h1-13H. The van der Waals surface area contributed by atoms with Crippen molar-refractivity contribution in [3.05, 3.63) is 95.9 Å². The van der Waals surface area contributed by atoms with Gasteiger partial charge in [-0.25, -0.2) is 4.98 Å². The number of benzene rings is 3. The molecule has 0 atom stereocenters. The summed E-state index contributed by atoms with van der Waals surface area (Å²) in [7, 11) is 0. The smallest absolute Gasteiger partial charge is 0.267 e. The first-order valence-electron chi connectivity index (χ1n) is 8.19. The normalized spacial score (nSPS) is 11.3. The highest BCUT2D eigenvalue weighted by atomic mass is 127. The summed E-state index contributed by atoms with van der Waals surface area (Å²) in [5.74, 6) is 0.527. The number of nitrogens with zero attached hydrogens (tertiary/aromatic N) is 3. The molecule has 0 radical (unpaired) electrons. The van der Waals surface area contributed by atoms with Gasteiger partial charge in [0.15, 0.2) is 5.82 Å². The number of hydrogen-bond donors (Lipinski definition) is 0. The summed E-state index contributed by atoms with van der Waals surface area (Å²) >= 11 is 4.50. The van der Waals surface area contributed by atoms with E-state index in [0.29, 0.717) is 16.7 Å². The molecule has 3 aromatic carbocycles. The van der Waals surface area contributed by atoms with Gasteiger partial charge in [-0.1, -0.05) is 36.4 Å². The van der Waals surface area contributed by atoms with Crippen LogP contribution < -0.4 is 5.56 Å². The lowest BCUT2D eigenvalue weighted by Gasteiger charge is -2.09. The van der Waals surface area contributed by atoms with Crippen LogP contribution in [0.15, 0.2) is 82.7 Å². The van der Waals surface area contributed by atoms with Crippen LogP contribution in [0.5, 0.6) is 0 Å². The van der Waals surface area contributed by atoms with Crippen LogP contribution in [0.1, 0.15) is 5.56 Å². The van der Waals surface area contributed by atoms with Crippen LogP contribution in [-0.4, -0.2) is 15.9 Å². The van der Waals surface area contributed by atoms with E-state index in [1.807, 2.05) is 66.7 Å². The van der Waals surface area contributed by atoms with Gasteiger partial charge in [0.25, 0.3) is 5.56 Å². The third-order valence-corrected chi connectivity index (χ3v) is 5.35. The molecular weight excluding hydrogens is 564 g/mol. The fourth-order valence-electron chi connectivity index (χ4n) is 2.76. The maximum Gasteiger partial charge on any atom is 0.282 e. The Balaban J connectivity index is 1.95. The lowest BCUT2D eigenvalue weighted by atomic mass is 10.2. The van der Waals surface area contributed by atoms with E-state index in [4.69, 9.17) is 4.98 Å².